The Morgan fingerprint density at radius 1 is 1.29 bits per heavy atom. The van der Waals surface area contributed by atoms with Crippen molar-refractivity contribution in [2.75, 3.05) is 13.1 Å². The van der Waals surface area contributed by atoms with Gasteiger partial charge in [0.05, 0.1) is 0 Å². The fraction of sp³-hybridized carbons (Fsp3) is 0.667. The Hall–Kier alpha value is -1.06. The van der Waals surface area contributed by atoms with Gasteiger partial charge in [-0.05, 0) is 45.7 Å². The maximum absolute atomic E-state index is 10.2. The Morgan fingerprint density at radius 2 is 2.05 bits per heavy atom. The second-order valence-corrected chi connectivity index (χ2v) is 6.42. The second kappa shape index (κ2) is 7.81. The summed E-state index contributed by atoms with van der Waals surface area (Å²) in [7, 11) is 0. The van der Waals surface area contributed by atoms with E-state index in [1.165, 1.54) is 19.3 Å². The van der Waals surface area contributed by atoms with Crippen LogP contribution in [0.15, 0.2) is 24.3 Å². The van der Waals surface area contributed by atoms with Gasteiger partial charge in [-0.3, -0.25) is 4.90 Å². The number of nitrogens with zero attached hydrogens (tertiary/aromatic N) is 1. The highest BCUT2D eigenvalue weighted by Crippen LogP contribution is 2.32. The predicted octanol–water partition coefficient (Wildman–Crippen LogP) is 3.70. The van der Waals surface area contributed by atoms with Crippen molar-refractivity contribution in [3.63, 3.8) is 0 Å². The fourth-order valence-electron chi connectivity index (χ4n) is 3.43. The first-order valence-electron chi connectivity index (χ1n) is 8.40. The van der Waals surface area contributed by atoms with Crippen molar-refractivity contribution in [2.24, 2.45) is 0 Å². The highest BCUT2D eigenvalue weighted by molar-refractivity contribution is 5.34. The molecule has 1 aliphatic rings. The smallest absolute Gasteiger partial charge is 0.120 e. The van der Waals surface area contributed by atoms with E-state index in [0.29, 0.717) is 17.8 Å². The Labute approximate surface area is 129 Å². The average molecular weight is 290 g/mol. The average Bonchev–Trinajstić information content (AvgIpc) is 2.49. The minimum absolute atomic E-state index is 0.287. The molecule has 118 valence electrons. The van der Waals surface area contributed by atoms with Gasteiger partial charge in [0.1, 0.15) is 5.75 Å². The standard InChI is InChI=1S/C18H30N2O/c1-4-17(16-10-5-6-11-18(16)21)20(14(2)3)13-15-9-7-8-12-19-15/h5-6,10-11,14-15,17,19,21H,4,7-9,12-13H2,1-3H3. The van der Waals surface area contributed by atoms with Crippen LogP contribution >= 0.6 is 0 Å². The molecule has 1 fully saturated rings. The quantitative estimate of drug-likeness (QED) is 0.838. The van der Waals surface area contributed by atoms with E-state index in [1.54, 1.807) is 6.07 Å². The molecule has 0 amide bonds. The maximum Gasteiger partial charge on any atom is 0.120 e. The number of phenolic OH excluding ortho intramolecular Hbond substituents is 1. The molecule has 21 heavy (non-hydrogen) atoms. The molecule has 0 aromatic heterocycles. The van der Waals surface area contributed by atoms with Gasteiger partial charge in [0.2, 0.25) is 0 Å². The molecule has 3 nitrogen and oxygen atoms in total. The van der Waals surface area contributed by atoms with E-state index >= 15 is 0 Å². The third-order valence-electron chi connectivity index (χ3n) is 4.59. The van der Waals surface area contributed by atoms with Crippen molar-refractivity contribution in [3.05, 3.63) is 29.8 Å². The lowest BCUT2D eigenvalue weighted by molar-refractivity contribution is 0.123. The monoisotopic (exact) mass is 290 g/mol. The molecule has 0 radical (unpaired) electrons. The van der Waals surface area contributed by atoms with Crippen LogP contribution in [0.4, 0.5) is 0 Å². The molecular formula is C18H30N2O. The van der Waals surface area contributed by atoms with Gasteiger partial charge in [-0.25, -0.2) is 0 Å². The summed E-state index contributed by atoms with van der Waals surface area (Å²) in [5.74, 6) is 0.423. The molecule has 2 rings (SSSR count). The van der Waals surface area contributed by atoms with Crippen LogP contribution < -0.4 is 5.32 Å². The molecule has 1 saturated heterocycles. The lowest BCUT2D eigenvalue weighted by Gasteiger charge is -2.38. The Kier molecular flexibility index (Phi) is 6.07. The van der Waals surface area contributed by atoms with Crippen LogP contribution in [0.3, 0.4) is 0 Å². The van der Waals surface area contributed by atoms with Gasteiger partial charge in [0.15, 0.2) is 0 Å². The number of hydrogen-bond acceptors (Lipinski definition) is 3. The van der Waals surface area contributed by atoms with Crippen LogP contribution in [0.2, 0.25) is 0 Å². The molecule has 0 spiro atoms. The molecule has 0 bridgehead atoms. The number of aromatic hydroxyl groups is 1. The zero-order valence-electron chi connectivity index (χ0n) is 13.7. The Morgan fingerprint density at radius 3 is 2.62 bits per heavy atom. The van der Waals surface area contributed by atoms with Crippen LogP contribution in [0, 0.1) is 0 Å². The van der Waals surface area contributed by atoms with E-state index in [9.17, 15) is 5.11 Å². The second-order valence-electron chi connectivity index (χ2n) is 6.42. The van der Waals surface area contributed by atoms with Crippen molar-refractivity contribution in [2.45, 2.75) is 64.6 Å². The fourth-order valence-corrected chi connectivity index (χ4v) is 3.43. The third-order valence-corrected chi connectivity index (χ3v) is 4.59. The third kappa shape index (κ3) is 4.21. The summed E-state index contributed by atoms with van der Waals surface area (Å²) in [6.45, 7) is 8.92. The van der Waals surface area contributed by atoms with E-state index in [1.807, 2.05) is 12.1 Å². The van der Waals surface area contributed by atoms with Gasteiger partial charge in [0, 0.05) is 30.2 Å². The number of para-hydroxylation sites is 1. The summed E-state index contributed by atoms with van der Waals surface area (Å²) in [6, 6.07) is 9.13. The number of hydrogen-bond donors (Lipinski definition) is 2. The summed E-state index contributed by atoms with van der Waals surface area (Å²) in [5, 5.41) is 13.9. The molecule has 1 aromatic rings. The molecule has 1 heterocycles. The summed E-state index contributed by atoms with van der Waals surface area (Å²) in [6.07, 6.45) is 4.91. The number of benzene rings is 1. The number of phenols is 1. The minimum atomic E-state index is 0.287. The summed E-state index contributed by atoms with van der Waals surface area (Å²) >= 11 is 0. The molecule has 1 aromatic carbocycles. The number of piperidine rings is 1. The summed E-state index contributed by atoms with van der Waals surface area (Å²) < 4.78 is 0. The zero-order chi connectivity index (χ0) is 15.2. The van der Waals surface area contributed by atoms with Gasteiger partial charge in [-0.15, -0.1) is 0 Å². The minimum Gasteiger partial charge on any atom is -0.508 e. The van der Waals surface area contributed by atoms with Crippen LogP contribution in [-0.4, -0.2) is 35.2 Å². The van der Waals surface area contributed by atoms with E-state index in [-0.39, 0.29) is 6.04 Å². The topological polar surface area (TPSA) is 35.5 Å². The molecule has 0 saturated carbocycles. The van der Waals surface area contributed by atoms with Crippen molar-refractivity contribution in [3.8, 4) is 5.75 Å². The molecule has 3 heteroatoms. The first-order valence-corrected chi connectivity index (χ1v) is 8.40. The van der Waals surface area contributed by atoms with Crippen molar-refractivity contribution >= 4 is 0 Å². The Balaban J connectivity index is 2.16. The first-order chi connectivity index (χ1) is 10.1. The predicted molar refractivity (Wildman–Crippen MR) is 88.6 cm³/mol. The lowest BCUT2D eigenvalue weighted by Crippen LogP contribution is -2.47. The largest absolute Gasteiger partial charge is 0.508 e. The van der Waals surface area contributed by atoms with Gasteiger partial charge >= 0.3 is 0 Å². The summed E-state index contributed by atoms with van der Waals surface area (Å²) in [5.41, 5.74) is 1.06. The molecular weight excluding hydrogens is 260 g/mol. The maximum atomic E-state index is 10.2. The van der Waals surface area contributed by atoms with Gasteiger partial charge < -0.3 is 10.4 Å². The van der Waals surface area contributed by atoms with Crippen molar-refractivity contribution in [1.82, 2.24) is 10.2 Å². The van der Waals surface area contributed by atoms with Crippen molar-refractivity contribution in [1.29, 1.82) is 0 Å². The molecule has 2 unspecified atom stereocenters. The lowest BCUT2D eigenvalue weighted by atomic mass is 9.97. The molecule has 2 atom stereocenters. The highest BCUT2D eigenvalue weighted by Gasteiger charge is 2.26. The Bertz CT molecular complexity index is 427. The van der Waals surface area contributed by atoms with E-state index in [0.717, 1.165) is 25.1 Å². The zero-order valence-corrected chi connectivity index (χ0v) is 13.7. The van der Waals surface area contributed by atoms with E-state index < -0.39 is 0 Å². The summed E-state index contributed by atoms with van der Waals surface area (Å²) in [4.78, 5) is 2.54. The van der Waals surface area contributed by atoms with Crippen LogP contribution in [-0.2, 0) is 0 Å². The van der Waals surface area contributed by atoms with Gasteiger partial charge in [0.25, 0.3) is 0 Å². The van der Waals surface area contributed by atoms with E-state index in [2.05, 4.69) is 37.1 Å². The van der Waals surface area contributed by atoms with Crippen LogP contribution in [0.25, 0.3) is 0 Å². The van der Waals surface area contributed by atoms with Crippen LogP contribution in [0.5, 0.6) is 5.75 Å². The highest BCUT2D eigenvalue weighted by atomic mass is 16.3. The van der Waals surface area contributed by atoms with Gasteiger partial charge in [-0.1, -0.05) is 31.5 Å². The molecule has 1 aliphatic heterocycles. The van der Waals surface area contributed by atoms with E-state index in [4.69, 9.17) is 0 Å². The van der Waals surface area contributed by atoms with Crippen LogP contribution in [0.1, 0.15) is 58.1 Å². The first kappa shape index (κ1) is 16.3. The number of rotatable bonds is 6. The number of nitrogens with one attached hydrogen (secondary N) is 1. The van der Waals surface area contributed by atoms with Crippen molar-refractivity contribution < 1.29 is 5.11 Å². The SMILES string of the molecule is CCC(c1ccccc1O)N(CC1CCCCN1)C(C)C. The molecule has 0 aliphatic carbocycles. The normalized spacial score (nSPS) is 20.9. The van der Waals surface area contributed by atoms with Gasteiger partial charge in [-0.2, -0.15) is 0 Å². The molecule has 2 N–H and O–H groups in total.